The van der Waals surface area contributed by atoms with Gasteiger partial charge in [-0.1, -0.05) is 23.7 Å². The van der Waals surface area contributed by atoms with Gasteiger partial charge < -0.3 is 10.2 Å². The molecular formula is C26H30ClN5O2. The van der Waals surface area contributed by atoms with Crippen LogP contribution in [0, 0.1) is 0 Å². The number of hydrogen-bond acceptors (Lipinski definition) is 5. The first kappa shape index (κ1) is 22.9. The molecule has 2 aliphatic rings. The second-order valence-electron chi connectivity index (χ2n) is 9.54. The summed E-state index contributed by atoms with van der Waals surface area (Å²) < 4.78 is 1.46. The second kappa shape index (κ2) is 9.39. The summed E-state index contributed by atoms with van der Waals surface area (Å²) in [4.78, 5) is 36.1. The number of nitrogens with one attached hydrogen (secondary N) is 1. The van der Waals surface area contributed by atoms with Gasteiger partial charge in [-0.2, -0.15) is 0 Å². The van der Waals surface area contributed by atoms with Crippen LogP contribution < -0.4 is 15.8 Å². The number of fused-ring (bicyclic) bond motifs is 2. The molecule has 0 bridgehead atoms. The lowest BCUT2D eigenvalue weighted by molar-refractivity contribution is -0.122. The van der Waals surface area contributed by atoms with Crippen LogP contribution in [0.4, 0.5) is 5.69 Å². The van der Waals surface area contributed by atoms with Gasteiger partial charge in [-0.3, -0.25) is 19.1 Å². The number of nitrogens with zero attached hydrogens (tertiary/aromatic N) is 4. The lowest BCUT2D eigenvalue weighted by Crippen LogP contribution is -2.50. The summed E-state index contributed by atoms with van der Waals surface area (Å²) in [6.45, 7) is 7.85. The van der Waals surface area contributed by atoms with Gasteiger partial charge in [0.15, 0.2) is 0 Å². The Kier molecular flexibility index (Phi) is 6.32. The maximum atomic E-state index is 13.7. The lowest BCUT2D eigenvalue weighted by Gasteiger charge is -2.38. The second-order valence-corrected chi connectivity index (χ2v) is 9.98. The normalized spacial score (nSPS) is 18.5. The minimum atomic E-state index is -0.227. The highest BCUT2D eigenvalue weighted by Gasteiger charge is 2.30. The van der Waals surface area contributed by atoms with Crippen LogP contribution in [0.2, 0.25) is 5.02 Å². The largest absolute Gasteiger partial charge is 0.369 e. The number of halogens is 1. The Balaban J connectivity index is 1.58. The van der Waals surface area contributed by atoms with Crippen LogP contribution in [0.1, 0.15) is 26.7 Å². The van der Waals surface area contributed by atoms with Crippen molar-refractivity contribution in [1.29, 1.82) is 0 Å². The predicted molar refractivity (Wildman–Crippen MR) is 137 cm³/mol. The van der Waals surface area contributed by atoms with Crippen LogP contribution >= 0.6 is 11.6 Å². The Morgan fingerprint density at radius 1 is 1.18 bits per heavy atom. The number of benzene rings is 2. The minimum absolute atomic E-state index is 0.0212. The fourth-order valence-electron chi connectivity index (χ4n) is 5.14. The van der Waals surface area contributed by atoms with E-state index in [2.05, 4.69) is 21.2 Å². The highest BCUT2D eigenvalue weighted by Crippen LogP contribution is 2.28. The number of hydrogen-bond donors (Lipinski definition) is 1. The first-order chi connectivity index (χ1) is 16.4. The van der Waals surface area contributed by atoms with Crippen molar-refractivity contribution >= 4 is 34.1 Å². The Labute approximate surface area is 204 Å². The maximum Gasteiger partial charge on any atom is 0.262 e. The van der Waals surface area contributed by atoms with Crippen molar-refractivity contribution in [3.05, 3.63) is 57.8 Å². The highest BCUT2D eigenvalue weighted by atomic mass is 35.5. The van der Waals surface area contributed by atoms with Gasteiger partial charge in [0.25, 0.3) is 5.56 Å². The first-order valence-corrected chi connectivity index (χ1v) is 12.4. The van der Waals surface area contributed by atoms with Crippen molar-refractivity contribution in [3.8, 4) is 11.4 Å². The van der Waals surface area contributed by atoms with E-state index in [1.54, 1.807) is 12.1 Å². The summed E-state index contributed by atoms with van der Waals surface area (Å²) in [7, 11) is 0. The number of aromatic nitrogens is 2. The van der Waals surface area contributed by atoms with Gasteiger partial charge >= 0.3 is 0 Å². The monoisotopic (exact) mass is 479 g/mol. The Morgan fingerprint density at radius 2 is 2.03 bits per heavy atom. The van der Waals surface area contributed by atoms with Crippen LogP contribution in [-0.2, 0) is 11.3 Å². The molecule has 34 heavy (non-hydrogen) atoms. The van der Waals surface area contributed by atoms with E-state index in [-0.39, 0.29) is 24.1 Å². The van der Waals surface area contributed by atoms with E-state index >= 15 is 0 Å². The van der Waals surface area contributed by atoms with Crippen molar-refractivity contribution in [2.75, 3.05) is 31.1 Å². The number of carbonyl (C=O) groups excluding carboxylic acids is 1. The zero-order valence-electron chi connectivity index (χ0n) is 19.6. The van der Waals surface area contributed by atoms with Crippen LogP contribution in [0.15, 0.2) is 47.3 Å². The Hall–Kier alpha value is -2.90. The third-order valence-electron chi connectivity index (χ3n) is 6.72. The summed E-state index contributed by atoms with van der Waals surface area (Å²) in [5, 5.41) is 3.95. The zero-order valence-corrected chi connectivity index (χ0v) is 20.4. The van der Waals surface area contributed by atoms with Gasteiger partial charge in [0, 0.05) is 48.0 Å². The molecule has 1 atom stereocenters. The Bertz CT molecular complexity index is 1290. The summed E-state index contributed by atoms with van der Waals surface area (Å²) in [6, 6.07) is 13.7. The molecule has 0 aliphatic carbocycles. The third kappa shape index (κ3) is 4.55. The third-order valence-corrected chi connectivity index (χ3v) is 6.96. The summed E-state index contributed by atoms with van der Waals surface area (Å²) in [6.07, 6.45) is 2.49. The van der Waals surface area contributed by atoms with Crippen LogP contribution in [0.3, 0.4) is 0 Å². The van der Waals surface area contributed by atoms with E-state index in [1.807, 2.05) is 38.1 Å². The summed E-state index contributed by atoms with van der Waals surface area (Å²) >= 11 is 6.22. The number of amides is 1. The van der Waals surface area contributed by atoms with Crippen molar-refractivity contribution in [3.63, 3.8) is 0 Å². The molecule has 2 fully saturated rings. The number of piperazine rings is 1. The van der Waals surface area contributed by atoms with E-state index in [1.165, 1.54) is 24.0 Å². The molecule has 0 saturated carbocycles. The summed E-state index contributed by atoms with van der Waals surface area (Å²) in [5.74, 6) is 0.210. The average molecular weight is 480 g/mol. The van der Waals surface area contributed by atoms with Gasteiger partial charge in [0.2, 0.25) is 5.91 Å². The van der Waals surface area contributed by atoms with Crippen molar-refractivity contribution in [2.24, 2.45) is 0 Å². The molecule has 3 heterocycles. The molecule has 1 amide bonds. The topological polar surface area (TPSA) is 70.5 Å². The molecule has 178 valence electrons. The van der Waals surface area contributed by atoms with E-state index in [0.717, 1.165) is 25.3 Å². The fourth-order valence-corrected chi connectivity index (χ4v) is 5.33. The van der Waals surface area contributed by atoms with E-state index < -0.39 is 0 Å². The maximum absolute atomic E-state index is 13.7. The first-order valence-electron chi connectivity index (χ1n) is 12.0. The number of rotatable bonds is 5. The molecule has 5 rings (SSSR count). The fraction of sp³-hybridized carbons (Fsp3) is 0.423. The molecule has 0 radical (unpaired) electrons. The molecule has 7 nitrogen and oxygen atoms in total. The molecule has 2 aromatic carbocycles. The molecule has 1 N–H and O–H groups in total. The van der Waals surface area contributed by atoms with Crippen molar-refractivity contribution in [1.82, 2.24) is 19.8 Å². The van der Waals surface area contributed by atoms with E-state index in [4.69, 9.17) is 16.6 Å². The molecule has 1 aromatic heterocycles. The minimum Gasteiger partial charge on any atom is -0.369 e. The van der Waals surface area contributed by atoms with Gasteiger partial charge in [0.05, 0.1) is 10.9 Å². The predicted octanol–water partition coefficient (Wildman–Crippen LogP) is 3.53. The molecule has 2 aliphatic heterocycles. The quantitative estimate of drug-likeness (QED) is 0.606. The highest BCUT2D eigenvalue weighted by molar-refractivity contribution is 6.30. The molecule has 8 heteroatoms. The molecule has 0 spiro atoms. The standard InChI is InChI=1S/C26H30ClN5O2/c1-17(2)28-24(33)16-32-25(18-5-3-6-19(27)13-18)29-23-9-8-20(14-22(23)26(32)34)31-12-11-30-10-4-7-21(30)15-31/h3,5-6,8-9,13-14,17,21H,4,7,10-12,15-16H2,1-2H3,(H,28,33). The van der Waals surface area contributed by atoms with Crippen molar-refractivity contribution in [2.45, 2.75) is 45.3 Å². The smallest absolute Gasteiger partial charge is 0.262 e. The average Bonchev–Trinajstić information content (AvgIpc) is 3.28. The van der Waals surface area contributed by atoms with Crippen LogP contribution in [-0.4, -0.2) is 58.6 Å². The van der Waals surface area contributed by atoms with Crippen molar-refractivity contribution < 1.29 is 4.79 Å². The zero-order chi connectivity index (χ0) is 23.8. The molecule has 1 unspecified atom stereocenters. The van der Waals surface area contributed by atoms with Gasteiger partial charge in [0.1, 0.15) is 12.4 Å². The van der Waals surface area contributed by atoms with Crippen LogP contribution in [0.5, 0.6) is 0 Å². The van der Waals surface area contributed by atoms with E-state index in [9.17, 15) is 9.59 Å². The van der Waals surface area contributed by atoms with Gasteiger partial charge in [-0.05, 0) is 63.6 Å². The van der Waals surface area contributed by atoms with Crippen LogP contribution in [0.25, 0.3) is 22.3 Å². The molecule has 3 aromatic rings. The Morgan fingerprint density at radius 3 is 2.82 bits per heavy atom. The van der Waals surface area contributed by atoms with E-state index in [0.29, 0.717) is 33.4 Å². The lowest BCUT2D eigenvalue weighted by atomic mass is 10.1. The number of anilines is 1. The van der Waals surface area contributed by atoms with Gasteiger partial charge in [-0.25, -0.2) is 4.98 Å². The SMILES string of the molecule is CC(C)NC(=O)Cn1c(-c2cccc(Cl)c2)nc2ccc(N3CCN4CCCC4C3)cc2c1=O. The molecular weight excluding hydrogens is 450 g/mol. The molecule has 2 saturated heterocycles. The summed E-state index contributed by atoms with van der Waals surface area (Å²) in [5.41, 5.74) is 2.13. The number of carbonyl (C=O) groups is 1. The van der Waals surface area contributed by atoms with Gasteiger partial charge in [-0.15, -0.1) is 0 Å².